The van der Waals surface area contributed by atoms with E-state index in [1.54, 1.807) is 6.92 Å². The Hall–Kier alpha value is -2.58. The van der Waals surface area contributed by atoms with Gasteiger partial charge < -0.3 is 14.4 Å². The van der Waals surface area contributed by atoms with Crippen molar-refractivity contribution in [3.05, 3.63) is 35.4 Å². The van der Waals surface area contributed by atoms with E-state index in [4.69, 9.17) is 9.47 Å². The maximum atomic E-state index is 12.7. The summed E-state index contributed by atoms with van der Waals surface area (Å²) in [5.41, 5.74) is -0.728. The Morgan fingerprint density at radius 1 is 1.18 bits per heavy atom. The largest absolute Gasteiger partial charge is 0.464 e. The first-order valence-electron chi connectivity index (χ1n) is 9.00. The highest BCUT2D eigenvalue weighted by molar-refractivity contribution is 5.86. The predicted octanol–water partition coefficient (Wildman–Crippen LogP) is 2.74. The van der Waals surface area contributed by atoms with Crippen molar-refractivity contribution in [3.8, 4) is 0 Å². The summed E-state index contributed by atoms with van der Waals surface area (Å²) in [7, 11) is 0. The van der Waals surface area contributed by atoms with Gasteiger partial charge in [-0.2, -0.15) is 13.2 Å². The molecule has 0 N–H and O–H groups in total. The van der Waals surface area contributed by atoms with Crippen LogP contribution in [0.2, 0.25) is 0 Å². The summed E-state index contributed by atoms with van der Waals surface area (Å²) in [6, 6.07) is 3.64. The normalized spacial score (nSPS) is 17.1. The summed E-state index contributed by atoms with van der Waals surface area (Å²) in [5.74, 6) is -1.85. The standard InChI is InChI=1S/C19H22F3NO5/c1-2-27-18(26)15-8-3-4-9-23(15)16(24)12-28-17(25)11-13-6-5-7-14(10-13)19(20,21)22/h5-7,10,15H,2-4,8-9,11-12H2,1H3. The molecule has 1 aliphatic rings. The van der Waals surface area contributed by atoms with Crippen LogP contribution in [-0.2, 0) is 36.5 Å². The topological polar surface area (TPSA) is 72.9 Å². The Labute approximate surface area is 160 Å². The number of carbonyl (C=O) groups excluding carboxylic acids is 3. The molecule has 154 valence electrons. The Morgan fingerprint density at radius 3 is 2.61 bits per heavy atom. The summed E-state index contributed by atoms with van der Waals surface area (Å²) in [4.78, 5) is 37.6. The lowest BCUT2D eigenvalue weighted by Crippen LogP contribution is -2.50. The lowest BCUT2D eigenvalue weighted by Gasteiger charge is -2.33. The van der Waals surface area contributed by atoms with Crippen molar-refractivity contribution in [2.45, 2.75) is 44.8 Å². The molecule has 0 aliphatic carbocycles. The molecule has 9 heteroatoms. The first kappa shape index (κ1) is 21.7. The van der Waals surface area contributed by atoms with E-state index < -0.39 is 48.7 Å². The van der Waals surface area contributed by atoms with Crippen LogP contribution < -0.4 is 0 Å². The highest BCUT2D eigenvalue weighted by atomic mass is 19.4. The van der Waals surface area contributed by atoms with Gasteiger partial charge in [-0.3, -0.25) is 9.59 Å². The minimum absolute atomic E-state index is 0.134. The van der Waals surface area contributed by atoms with Gasteiger partial charge in [0.2, 0.25) is 0 Å². The second kappa shape index (κ2) is 9.57. The van der Waals surface area contributed by atoms with Gasteiger partial charge in [0.1, 0.15) is 6.04 Å². The van der Waals surface area contributed by atoms with Crippen LogP contribution in [0.5, 0.6) is 0 Å². The number of ether oxygens (including phenoxy) is 2. The Balaban J connectivity index is 1.91. The molecule has 1 saturated heterocycles. The number of piperidine rings is 1. The Morgan fingerprint density at radius 2 is 1.93 bits per heavy atom. The van der Waals surface area contributed by atoms with Crippen LogP contribution >= 0.6 is 0 Å². The molecule has 1 atom stereocenters. The fourth-order valence-electron chi connectivity index (χ4n) is 3.01. The van der Waals surface area contributed by atoms with Crippen molar-refractivity contribution in [2.75, 3.05) is 19.8 Å². The van der Waals surface area contributed by atoms with Gasteiger partial charge in [-0.1, -0.05) is 18.2 Å². The first-order chi connectivity index (χ1) is 13.2. The number of esters is 2. The molecule has 0 bridgehead atoms. The molecule has 1 aromatic rings. The van der Waals surface area contributed by atoms with Gasteiger partial charge in [0.15, 0.2) is 6.61 Å². The minimum Gasteiger partial charge on any atom is -0.464 e. The number of halogens is 3. The van der Waals surface area contributed by atoms with Crippen molar-refractivity contribution in [3.63, 3.8) is 0 Å². The highest BCUT2D eigenvalue weighted by Gasteiger charge is 2.33. The smallest absolute Gasteiger partial charge is 0.416 e. The van der Waals surface area contributed by atoms with Crippen LogP contribution in [0.3, 0.4) is 0 Å². The maximum Gasteiger partial charge on any atom is 0.416 e. The van der Waals surface area contributed by atoms with E-state index in [1.165, 1.54) is 17.0 Å². The van der Waals surface area contributed by atoms with Gasteiger partial charge >= 0.3 is 18.1 Å². The fourth-order valence-corrected chi connectivity index (χ4v) is 3.01. The molecular weight excluding hydrogens is 379 g/mol. The van der Waals surface area contributed by atoms with E-state index in [-0.39, 0.29) is 12.2 Å². The average Bonchev–Trinajstić information content (AvgIpc) is 2.66. The molecule has 0 radical (unpaired) electrons. The monoisotopic (exact) mass is 401 g/mol. The zero-order valence-corrected chi connectivity index (χ0v) is 15.5. The number of hydrogen-bond acceptors (Lipinski definition) is 5. The lowest BCUT2D eigenvalue weighted by molar-refractivity contribution is -0.160. The predicted molar refractivity (Wildman–Crippen MR) is 92.1 cm³/mol. The number of rotatable bonds is 6. The number of hydrogen-bond donors (Lipinski definition) is 0. The molecule has 1 aromatic carbocycles. The van der Waals surface area contributed by atoms with Crippen LogP contribution in [0.4, 0.5) is 13.2 Å². The highest BCUT2D eigenvalue weighted by Crippen LogP contribution is 2.29. The van der Waals surface area contributed by atoms with Crippen molar-refractivity contribution in [1.82, 2.24) is 4.90 Å². The summed E-state index contributed by atoms with van der Waals surface area (Å²) >= 11 is 0. The number of carbonyl (C=O) groups is 3. The number of nitrogens with zero attached hydrogens (tertiary/aromatic N) is 1. The quantitative estimate of drug-likeness (QED) is 0.686. The fraction of sp³-hybridized carbons (Fsp3) is 0.526. The van der Waals surface area contributed by atoms with Gasteiger partial charge in [0.25, 0.3) is 5.91 Å². The van der Waals surface area contributed by atoms with Crippen LogP contribution in [0.15, 0.2) is 24.3 Å². The minimum atomic E-state index is -4.51. The third-order valence-electron chi connectivity index (χ3n) is 4.34. The van der Waals surface area contributed by atoms with Gasteiger partial charge in [-0.15, -0.1) is 0 Å². The molecule has 1 heterocycles. The summed E-state index contributed by atoms with van der Waals surface area (Å²) in [6.45, 7) is 1.65. The van der Waals surface area contributed by atoms with E-state index in [2.05, 4.69) is 0 Å². The number of likely N-dealkylation sites (tertiary alicyclic amines) is 1. The zero-order valence-electron chi connectivity index (χ0n) is 15.5. The van der Waals surface area contributed by atoms with Crippen molar-refractivity contribution in [2.24, 2.45) is 0 Å². The second-order valence-corrected chi connectivity index (χ2v) is 6.39. The molecule has 0 spiro atoms. The van der Waals surface area contributed by atoms with E-state index in [9.17, 15) is 27.6 Å². The van der Waals surface area contributed by atoms with E-state index >= 15 is 0 Å². The number of benzene rings is 1. The number of alkyl halides is 3. The van der Waals surface area contributed by atoms with E-state index in [0.29, 0.717) is 13.0 Å². The summed E-state index contributed by atoms with van der Waals surface area (Å²) in [6.07, 6.45) is -2.92. The van der Waals surface area contributed by atoms with Gasteiger partial charge in [0.05, 0.1) is 18.6 Å². The van der Waals surface area contributed by atoms with Crippen molar-refractivity contribution < 1.29 is 37.0 Å². The molecule has 6 nitrogen and oxygen atoms in total. The molecule has 2 rings (SSSR count). The van der Waals surface area contributed by atoms with Gasteiger partial charge in [-0.25, -0.2) is 4.79 Å². The summed E-state index contributed by atoms with van der Waals surface area (Å²) < 4.78 is 48.0. The van der Waals surface area contributed by atoms with Crippen molar-refractivity contribution in [1.29, 1.82) is 0 Å². The molecule has 1 amide bonds. The Bertz CT molecular complexity index is 720. The third-order valence-corrected chi connectivity index (χ3v) is 4.34. The second-order valence-electron chi connectivity index (χ2n) is 6.39. The van der Waals surface area contributed by atoms with Crippen LogP contribution in [0.1, 0.15) is 37.3 Å². The molecule has 1 fully saturated rings. The van der Waals surface area contributed by atoms with E-state index in [1.807, 2.05) is 0 Å². The van der Waals surface area contributed by atoms with Crippen LogP contribution in [0.25, 0.3) is 0 Å². The Kier molecular flexibility index (Phi) is 7.42. The molecular formula is C19H22F3NO5. The van der Waals surface area contributed by atoms with E-state index in [0.717, 1.165) is 25.0 Å². The molecule has 1 unspecified atom stereocenters. The molecule has 1 aliphatic heterocycles. The van der Waals surface area contributed by atoms with Crippen LogP contribution in [-0.4, -0.2) is 48.5 Å². The SMILES string of the molecule is CCOC(=O)C1CCCCN1C(=O)COC(=O)Cc1cccc(C(F)(F)F)c1. The first-order valence-corrected chi connectivity index (χ1v) is 9.00. The summed E-state index contributed by atoms with van der Waals surface area (Å²) in [5, 5.41) is 0. The maximum absolute atomic E-state index is 12.7. The molecule has 28 heavy (non-hydrogen) atoms. The third kappa shape index (κ3) is 5.97. The van der Waals surface area contributed by atoms with Gasteiger partial charge in [-0.05, 0) is 37.8 Å². The van der Waals surface area contributed by atoms with Crippen LogP contribution in [0, 0.1) is 0 Å². The van der Waals surface area contributed by atoms with Crippen molar-refractivity contribution >= 4 is 17.8 Å². The zero-order chi connectivity index (χ0) is 20.7. The molecule has 0 aromatic heterocycles. The lowest BCUT2D eigenvalue weighted by atomic mass is 10.0. The molecule has 0 saturated carbocycles. The van der Waals surface area contributed by atoms with Gasteiger partial charge in [0, 0.05) is 6.54 Å². The average molecular weight is 401 g/mol. The number of amides is 1.